The van der Waals surface area contributed by atoms with Gasteiger partial charge in [-0.3, -0.25) is 10.1 Å². The maximum Gasteiger partial charge on any atom is 0.275 e. The number of aromatic nitrogens is 4. The number of nitrogens with one attached hydrogen (secondary N) is 1. The van der Waals surface area contributed by atoms with Crippen molar-refractivity contribution in [2.75, 3.05) is 61.5 Å². The van der Waals surface area contributed by atoms with Crippen LogP contribution >= 0.6 is 0 Å². The topological polar surface area (TPSA) is 126 Å². The van der Waals surface area contributed by atoms with Crippen molar-refractivity contribution in [3.05, 3.63) is 18.0 Å². The zero-order valence-corrected chi connectivity index (χ0v) is 20.7. The van der Waals surface area contributed by atoms with Crippen LogP contribution in [-0.4, -0.2) is 94.1 Å². The van der Waals surface area contributed by atoms with E-state index in [2.05, 4.69) is 38.9 Å². The van der Waals surface area contributed by atoms with E-state index in [0.717, 1.165) is 42.0 Å². The second-order valence-corrected chi connectivity index (χ2v) is 10.5. The Morgan fingerprint density at radius 1 is 1.22 bits per heavy atom. The molecule has 3 fully saturated rings. The standard InChI is InChI=1S/C24H32FN9O2/c1-15-13-36-10-9-33(15)22-30-18(16-11-27-21(26)28-12-16)17-3-7-34(19(17)31-22)23(2)5-8-32(14-23)20(35)24(25)4-6-29-24/h11-12,15,29H,3-10,13-14H2,1-2H3,(H2,26,27,28)/t15-,23-,24?/m0/s1. The van der Waals surface area contributed by atoms with Gasteiger partial charge in [0.25, 0.3) is 5.91 Å². The third kappa shape index (κ3) is 3.74. The molecule has 12 heteroatoms. The van der Waals surface area contributed by atoms with E-state index in [0.29, 0.717) is 45.3 Å². The van der Waals surface area contributed by atoms with E-state index in [4.69, 9.17) is 20.4 Å². The fourth-order valence-corrected chi connectivity index (χ4v) is 5.74. The van der Waals surface area contributed by atoms with Gasteiger partial charge in [-0.15, -0.1) is 0 Å². The molecule has 3 atom stereocenters. The van der Waals surface area contributed by atoms with Crippen LogP contribution in [0.4, 0.5) is 22.1 Å². The van der Waals surface area contributed by atoms with E-state index in [-0.39, 0.29) is 23.9 Å². The number of rotatable bonds is 4. The number of halogens is 1. The molecule has 0 spiro atoms. The molecule has 0 aliphatic carbocycles. The molecular weight excluding hydrogens is 465 g/mol. The summed E-state index contributed by atoms with van der Waals surface area (Å²) < 4.78 is 20.4. The monoisotopic (exact) mass is 497 g/mol. The number of amides is 1. The first-order valence-corrected chi connectivity index (χ1v) is 12.6. The van der Waals surface area contributed by atoms with Crippen molar-refractivity contribution in [1.29, 1.82) is 0 Å². The third-order valence-electron chi connectivity index (χ3n) is 7.99. The fraction of sp³-hybridized carbons (Fsp3) is 0.625. The van der Waals surface area contributed by atoms with Gasteiger partial charge in [0.05, 0.1) is 30.5 Å². The Hall–Kier alpha value is -3.12. The molecule has 0 bridgehead atoms. The fourth-order valence-electron chi connectivity index (χ4n) is 5.74. The number of likely N-dealkylation sites (tertiary alicyclic amines) is 1. The second-order valence-electron chi connectivity index (χ2n) is 10.5. The van der Waals surface area contributed by atoms with Crippen LogP contribution in [0, 0.1) is 0 Å². The van der Waals surface area contributed by atoms with Crippen LogP contribution in [-0.2, 0) is 16.0 Å². The minimum atomic E-state index is -1.92. The molecule has 6 heterocycles. The highest BCUT2D eigenvalue weighted by atomic mass is 19.1. The van der Waals surface area contributed by atoms with Crippen LogP contribution in [0.5, 0.6) is 0 Å². The number of nitrogen functional groups attached to an aromatic ring is 1. The van der Waals surface area contributed by atoms with Gasteiger partial charge in [-0.1, -0.05) is 0 Å². The lowest BCUT2D eigenvalue weighted by atomic mass is 9.99. The summed E-state index contributed by atoms with van der Waals surface area (Å²) >= 11 is 0. The van der Waals surface area contributed by atoms with E-state index >= 15 is 0 Å². The molecule has 1 amide bonds. The van der Waals surface area contributed by atoms with Crippen molar-refractivity contribution in [2.24, 2.45) is 0 Å². The largest absolute Gasteiger partial charge is 0.377 e. The Kier molecular flexibility index (Phi) is 5.48. The lowest BCUT2D eigenvalue weighted by Gasteiger charge is -2.40. The van der Waals surface area contributed by atoms with E-state index in [1.165, 1.54) is 0 Å². The summed E-state index contributed by atoms with van der Waals surface area (Å²) in [4.78, 5) is 37.4. The van der Waals surface area contributed by atoms with Crippen molar-refractivity contribution in [2.45, 2.75) is 50.5 Å². The molecule has 4 aliphatic heterocycles. The minimum absolute atomic E-state index is 0.132. The van der Waals surface area contributed by atoms with Crippen LogP contribution < -0.4 is 20.9 Å². The van der Waals surface area contributed by atoms with Gasteiger partial charge in [-0.05, 0) is 26.7 Å². The SMILES string of the molecule is C[C@H]1COCCN1c1nc(-c2cnc(N)nc2)c2c(n1)N([C@@]1(C)CCN(C(=O)C3(F)CCN3)C1)CC2. The molecule has 0 saturated carbocycles. The Balaban J connectivity index is 1.37. The Bertz CT molecular complexity index is 1170. The van der Waals surface area contributed by atoms with Crippen LogP contribution in [0.1, 0.15) is 32.3 Å². The van der Waals surface area contributed by atoms with Gasteiger partial charge < -0.3 is 25.2 Å². The molecule has 0 aromatic carbocycles. The number of carbonyl (C=O) groups excluding carboxylic acids is 1. The molecule has 11 nitrogen and oxygen atoms in total. The Morgan fingerprint density at radius 3 is 2.69 bits per heavy atom. The summed E-state index contributed by atoms with van der Waals surface area (Å²) in [6, 6.07) is 0.132. The van der Waals surface area contributed by atoms with Crippen LogP contribution in [0.15, 0.2) is 12.4 Å². The highest BCUT2D eigenvalue weighted by Crippen LogP contribution is 2.42. The second kappa shape index (κ2) is 8.48. The van der Waals surface area contributed by atoms with Crippen molar-refractivity contribution < 1.29 is 13.9 Å². The first-order valence-electron chi connectivity index (χ1n) is 12.6. The number of nitrogens with two attached hydrogens (primary N) is 1. The maximum atomic E-state index is 14.8. The van der Waals surface area contributed by atoms with Gasteiger partial charge in [0, 0.05) is 62.7 Å². The lowest BCUT2D eigenvalue weighted by molar-refractivity contribution is -0.151. The molecule has 36 heavy (non-hydrogen) atoms. The zero-order chi connectivity index (χ0) is 25.1. The molecule has 2 aromatic rings. The number of anilines is 3. The molecular formula is C24H32FN9O2. The maximum absolute atomic E-state index is 14.8. The van der Waals surface area contributed by atoms with E-state index in [1.807, 2.05) is 0 Å². The minimum Gasteiger partial charge on any atom is -0.377 e. The van der Waals surface area contributed by atoms with Crippen molar-refractivity contribution in [1.82, 2.24) is 30.2 Å². The highest BCUT2D eigenvalue weighted by Gasteiger charge is 2.51. The Morgan fingerprint density at radius 2 is 2.00 bits per heavy atom. The van der Waals surface area contributed by atoms with Gasteiger partial charge in [0.1, 0.15) is 5.82 Å². The molecule has 1 unspecified atom stereocenters. The summed E-state index contributed by atoms with van der Waals surface area (Å²) in [6.07, 6.45) is 5.12. The quantitative estimate of drug-likeness (QED) is 0.585. The van der Waals surface area contributed by atoms with Gasteiger partial charge >= 0.3 is 0 Å². The van der Waals surface area contributed by atoms with Crippen molar-refractivity contribution in [3.8, 4) is 11.3 Å². The average molecular weight is 498 g/mol. The average Bonchev–Trinajstić information content (AvgIpc) is 3.47. The highest BCUT2D eigenvalue weighted by molar-refractivity contribution is 5.86. The van der Waals surface area contributed by atoms with E-state index < -0.39 is 11.7 Å². The molecule has 0 radical (unpaired) electrons. The number of morpholine rings is 1. The summed E-state index contributed by atoms with van der Waals surface area (Å²) in [7, 11) is 0. The number of ether oxygens (including phenoxy) is 1. The summed E-state index contributed by atoms with van der Waals surface area (Å²) in [6.45, 7) is 8.40. The van der Waals surface area contributed by atoms with Crippen LogP contribution in [0.25, 0.3) is 11.3 Å². The zero-order valence-electron chi connectivity index (χ0n) is 20.7. The van der Waals surface area contributed by atoms with Gasteiger partial charge in [-0.25, -0.2) is 19.3 Å². The van der Waals surface area contributed by atoms with Crippen molar-refractivity contribution >= 4 is 23.6 Å². The smallest absolute Gasteiger partial charge is 0.275 e. The molecule has 2 aromatic heterocycles. The van der Waals surface area contributed by atoms with Crippen molar-refractivity contribution in [3.63, 3.8) is 0 Å². The lowest BCUT2D eigenvalue weighted by Crippen LogP contribution is -2.63. The summed E-state index contributed by atoms with van der Waals surface area (Å²) in [5, 5.41) is 2.66. The molecule has 6 rings (SSSR count). The predicted octanol–water partition coefficient (Wildman–Crippen LogP) is 0.754. The van der Waals surface area contributed by atoms with Gasteiger partial charge in [0.15, 0.2) is 0 Å². The third-order valence-corrected chi connectivity index (χ3v) is 7.99. The molecule has 3 saturated heterocycles. The molecule has 3 N–H and O–H groups in total. The normalized spacial score (nSPS) is 29.9. The number of nitrogens with zero attached hydrogens (tertiary/aromatic N) is 7. The summed E-state index contributed by atoms with van der Waals surface area (Å²) in [5.41, 5.74) is 7.99. The van der Waals surface area contributed by atoms with Crippen LogP contribution in [0.2, 0.25) is 0 Å². The number of fused-ring (bicyclic) bond motifs is 1. The summed E-state index contributed by atoms with van der Waals surface area (Å²) in [5.74, 6) is -0.665. The van der Waals surface area contributed by atoms with E-state index in [9.17, 15) is 9.18 Å². The van der Waals surface area contributed by atoms with E-state index in [1.54, 1.807) is 17.3 Å². The molecule has 4 aliphatic rings. The number of carbonyl (C=O) groups is 1. The van der Waals surface area contributed by atoms with Gasteiger partial charge in [-0.2, -0.15) is 4.98 Å². The molecule has 192 valence electrons. The predicted molar refractivity (Wildman–Crippen MR) is 132 cm³/mol. The Labute approximate surface area is 209 Å². The first-order chi connectivity index (χ1) is 17.3. The first kappa shape index (κ1) is 23.3. The van der Waals surface area contributed by atoms with Gasteiger partial charge in [0.2, 0.25) is 17.7 Å². The number of alkyl halides is 1. The van der Waals surface area contributed by atoms with Crippen LogP contribution in [0.3, 0.4) is 0 Å². The number of hydrogen-bond acceptors (Lipinski definition) is 10. The number of hydrogen-bond donors (Lipinski definition) is 2.